The fraction of sp³-hybridized carbons (Fsp3) is 0. The van der Waals surface area contributed by atoms with Gasteiger partial charge < -0.3 is 0 Å². The van der Waals surface area contributed by atoms with E-state index < -0.39 is 0 Å². The molecule has 29 heavy (non-hydrogen) atoms. The molecule has 0 spiro atoms. The van der Waals surface area contributed by atoms with E-state index in [-0.39, 0.29) is 0 Å². The van der Waals surface area contributed by atoms with Crippen LogP contribution >= 0.6 is 15.9 Å². The monoisotopic (exact) mass is 437 g/mol. The maximum atomic E-state index is 4.84. The molecule has 0 atom stereocenters. The van der Waals surface area contributed by atoms with Gasteiger partial charge in [0, 0.05) is 21.2 Å². The average Bonchev–Trinajstić information content (AvgIpc) is 2.79. The van der Waals surface area contributed by atoms with Crippen LogP contribution in [0.1, 0.15) is 0 Å². The first-order valence-corrected chi connectivity index (χ1v) is 10.1. The van der Waals surface area contributed by atoms with Gasteiger partial charge in [0.05, 0.1) is 0 Å². The van der Waals surface area contributed by atoms with Crippen LogP contribution in [0, 0.1) is 0 Å². The van der Waals surface area contributed by atoms with Crippen molar-refractivity contribution in [1.29, 1.82) is 0 Å². The molecule has 4 aromatic carbocycles. The lowest BCUT2D eigenvalue weighted by molar-refractivity contribution is 1.08. The zero-order valence-corrected chi connectivity index (χ0v) is 17.0. The maximum Gasteiger partial charge on any atom is 0.164 e. The van der Waals surface area contributed by atoms with Crippen LogP contribution in [0.25, 0.3) is 44.9 Å². The van der Waals surface area contributed by atoms with Gasteiger partial charge >= 0.3 is 0 Å². The Kier molecular flexibility index (Phi) is 4.62. The zero-order valence-electron chi connectivity index (χ0n) is 15.5. The first kappa shape index (κ1) is 17.7. The molecule has 1 heterocycles. The summed E-state index contributed by atoms with van der Waals surface area (Å²) >= 11 is 3.49. The highest BCUT2D eigenvalue weighted by atomic mass is 79.9. The minimum absolute atomic E-state index is 0.661. The van der Waals surface area contributed by atoms with Gasteiger partial charge in [-0.3, -0.25) is 0 Å². The van der Waals surface area contributed by atoms with Crippen LogP contribution in [0.15, 0.2) is 102 Å². The van der Waals surface area contributed by atoms with E-state index in [1.807, 2.05) is 72.8 Å². The lowest BCUT2D eigenvalue weighted by Gasteiger charge is -2.10. The molecule has 3 nitrogen and oxygen atoms in total. The van der Waals surface area contributed by atoms with Crippen LogP contribution < -0.4 is 0 Å². The van der Waals surface area contributed by atoms with Gasteiger partial charge in [0.25, 0.3) is 0 Å². The average molecular weight is 438 g/mol. The summed E-state index contributed by atoms with van der Waals surface area (Å²) in [4.78, 5) is 14.4. The van der Waals surface area contributed by atoms with E-state index in [9.17, 15) is 0 Å². The van der Waals surface area contributed by atoms with E-state index in [0.717, 1.165) is 31.9 Å². The maximum absolute atomic E-state index is 4.84. The van der Waals surface area contributed by atoms with E-state index in [4.69, 9.17) is 15.0 Å². The molecule has 0 aliphatic rings. The molecule has 0 bridgehead atoms. The predicted octanol–water partition coefficient (Wildman–Crippen LogP) is 6.79. The smallest absolute Gasteiger partial charge is 0.164 e. The normalized spacial score (nSPS) is 10.9. The third kappa shape index (κ3) is 3.55. The number of benzene rings is 4. The molecule has 0 aliphatic heterocycles. The quantitative estimate of drug-likeness (QED) is 0.311. The summed E-state index contributed by atoms with van der Waals surface area (Å²) in [5.41, 5.74) is 2.92. The number of halogens is 1. The first-order chi connectivity index (χ1) is 14.3. The lowest BCUT2D eigenvalue weighted by atomic mass is 10.0. The number of hydrogen-bond donors (Lipinski definition) is 0. The largest absolute Gasteiger partial charge is 0.208 e. The third-order valence-electron chi connectivity index (χ3n) is 4.80. The van der Waals surface area contributed by atoms with Gasteiger partial charge in [-0.1, -0.05) is 101 Å². The Morgan fingerprint density at radius 1 is 0.483 bits per heavy atom. The van der Waals surface area contributed by atoms with Gasteiger partial charge in [-0.05, 0) is 22.9 Å². The topological polar surface area (TPSA) is 38.7 Å². The summed E-state index contributed by atoms with van der Waals surface area (Å²) < 4.78 is 1.02. The van der Waals surface area contributed by atoms with Crippen LogP contribution in [-0.4, -0.2) is 15.0 Å². The summed E-state index contributed by atoms with van der Waals surface area (Å²) in [7, 11) is 0. The second-order valence-corrected chi connectivity index (χ2v) is 7.62. The minimum Gasteiger partial charge on any atom is -0.208 e. The second-order valence-electron chi connectivity index (χ2n) is 6.71. The molecule has 138 valence electrons. The number of fused-ring (bicyclic) bond motifs is 1. The molecule has 5 aromatic rings. The lowest BCUT2D eigenvalue weighted by Crippen LogP contribution is -2.00. The fourth-order valence-corrected chi connectivity index (χ4v) is 3.63. The Hall–Kier alpha value is -3.37. The predicted molar refractivity (Wildman–Crippen MR) is 121 cm³/mol. The number of rotatable bonds is 3. The molecule has 0 aliphatic carbocycles. The Morgan fingerprint density at radius 3 is 1.83 bits per heavy atom. The Balaban J connectivity index is 1.76. The first-order valence-electron chi connectivity index (χ1n) is 9.33. The highest BCUT2D eigenvalue weighted by Gasteiger charge is 2.13. The van der Waals surface area contributed by atoms with Crippen LogP contribution in [0.4, 0.5) is 0 Å². The molecule has 0 radical (unpaired) electrons. The molecule has 0 amide bonds. The van der Waals surface area contributed by atoms with E-state index in [1.54, 1.807) is 0 Å². The fourth-order valence-electron chi connectivity index (χ4n) is 3.36. The summed E-state index contributed by atoms with van der Waals surface area (Å²) in [5, 5.41) is 2.29. The number of nitrogens with zero attached hydrogens (tertiary/aromatic N) is 3. The van der Waals surface area contributed by atoms with Crippen LogP contribution in [0.2, 0.25) is 0 Å². The molecule has 0 saturated heterocycles. The van der Waals surface area contributed by atoms with E-state index in [0.29, 0.717) is 17.5 Å². The summed E-state index contributed by atoms with van der Waals surface area (Å²) in [6.07, 6.45) is 0. The van der Waals surface area contributed by atoms with Crippen molar-refractivity contribution >= 4 is 26.7 Å². The van der Waals surface area contributed by atoms with Gasteiger partial charge in [0.2, 0.25) is 0 Å². The summed E-state index contributed by atoms with van der Waals surface area (Å²) in [5.74, 6) is 2.00. The van der Waals surface area contributed by atoms with Crippen molar-refractivity contribution in [1.82, 2.24) is 15.0 Å². The molecular weight excluding hydrogens is 422 g/mol. The highest BCUT2D eigenvalue weighted by molar-refractivity contribution is 9.10. The molecule has 0 fully saturated rings. The molecule has 5 rings (SSSR count). The van der Waals surface area contributed by atoms with Gasteiger partial charge in [0.1, 0.15) is 0 Å². The van der Waals surface area contributed by atoms with E-state index in [1.165, 1.54) is 0 Å². The SMILES string of the molecule is Brc1ccc(-c2nc(-c3ccccc3)nc(-c3cccc4ccccc34)n2)cc1. The van der Waals surface area contributed by atoms with Crippen LogP contribution in [0.5, 0.6) is 0 Å². The van der Waals surface area contributed by atoms with Gasteiger partial charge in [-0.15, -0.1) is 0 Å². The van der Waals surface area contributed by atoms with Crippen LogP contribution in [0.3, 0.4) is 0 Å². The van der Waals surface area contributed by atoms with Gasteiger partial charge in [-0.25, -0.2) is 15.0 Å². The van der Waals surface area contributed by atoms with Gasteiger partial charge in [0.15, 0.2) is 17.5 Å². The second kappa shape index (κ2) is 7.57. The molecule has 4 heteroatoms. The van der Waals surface area contributed by atoms with E-state index >= 15 is 0 Å². The van der Waals surface area contributed by atoms with Crippen LogP contribution in [-0.2, 0) is 0 Å². The molecule has 1 aromatic heterocycles. The van der Waals surface area contributed by atoms with Crippen molar-refractivity contribution < 1.29 is 0 Å². The Bertz CT molecular complexity index is 1290. The van der Waals surface area contributed by atoms with Crippen molar-refractivity contribution in [2.75, 3.05) is 0 Å². The standard InChI is InChI=1S/C25H16BrN3/c26-20-15-13-19(14-16-20)24-27-23(18-8-2-1-3-9-18)28-25(29-24)22-12-6-10-17-7-4-5-11-21(17)22/h1-16H. The highest BCUT2D eigenvalue weighted by Crippen LogP contribution is 2.29. The zero-order chi connectivity index (χ0) is 19.6. The molecular formula is C25H16BrN3. The van der Waals surface area contributed by atoms with Crippen molar-refractivity contribution in [3.8, 4) is 34.2 Å². The Morgan fingerprint density at radius 2 is 1.07 bits per heavy atom. The van der Waals surface area contributed by atoms with Crippen molar-refractivity contribution in [3.63, 3.8) is 0 Å². The summed E-state index contributed by atoms with van der Waals surface area (Å²) in [6, 6.07) is 32.6. The molecule has 0 N–H and O–H groups in total. The van der Waals surface area contributed by atoms with E-state index in [2.05, 4.69) is 40.2 Å². The van der Waals surface area contributed by atoms with Gasteiger partial charge in [-0.2, -0.15) is 0 Å². The minimum atomic E-state index is 0.661. The summed E-state index contributed by atoms with van der Waals surface area (Å²) in [6.45, 7) is 0. The van der Waals surface area contributed by atoms with Crippen molar-refractivity contribution in [2.45, 2.75) is 0 Å². The Labute approximate surface area is 177 Å². The molecule has 0 saturated carbocycles. The number of aromatic nitrogens is 3. The number of hydrogen-bond acceptors (Lipinski definition) is 3. The van der Waals surface area contributed by atoms with Crippen molar-refractivity contribution in [2.24, 2.45) is 0 Å². The third-order valence-corrected chi connectivity index (χ3v) is 5.33. The van der Waals surface area contributed by atoms with Crippen molar-refractivity contribution in [3.05, 3.63) is 102 Å². The molecule has 0 unspecified atom stereocenters.